The van der Waals surface area contributed by atoms with E-state index in [0.29, 0.717) is 30.0 Å². The number of amides is 3. The zero-order valence-electron chi connectivity index (χ0n) is 24.4. The lowest BCUT2D eigenvalue weighted by Crippen LogP contribution is -2.61. The molecule has 3 amide bonds. The molecule has 2 fully saturated rings. The molecule has 0 radical (unpaired) electrons. The molecule has 3 aromatic carbocycles. The number of aromatic nitrogens is 2. The fraction of sp³-hybridized carbons (Fsp3) is 0.314. The molecule has 0 saturated heterocycles. The van der Waals surface area contributed by atoms with Crippen LogP contribution in [0.5, 0.6) is 0 Å². The van der Waals surface area contributed by atoms with Crippen LogP contribution in [-0.2, 0) is 9.59 Å². The maximum atomic E-state index is 13.5. The molecule has 8 heteroatoms. The predicted octanol–water partition coefficient (Wildman–Crippen LogP) is 6.12. The Kier molecular flexibility index (Phi) is 8.09. The topological polar surface area (TPSA) is 105 Å². The number of likely N-dealkylation sites (N-methyl/N-ethyl adjacent to an activating group) is 1. The number of para-hydroxylation sites is 1. The van der Waals surface area contributed by atoms with Gasteiger partial charge >= 0.3 is 0 Å². The molecule has 2 saturated carbocycles. The summed E-state index contributed by atoms with van der Waals surface area (Å²) in [6.45, 7) is 0. The number of hydrogen-bond acceptors (Lipinski definition) is 4. The van der Waals surface area contributed by atoms with Crippen molar-refractivity contribution in [3.63, 3.8) is 0 Å². The predicted molar refractivity (Wildman–Crippen MR) is 169 cm³/mol. The van der Waals surface area contributed by atoms with Crippen LogP contribution in [0.2, 0.25) is 0 Å². The number of nitrogens with one attached hydrogen (secondary N) is 3. The third-order valence-corrected chi connectivity index (χ3v) is 8.80. The summed E-state index contributed by atoms with van der Waals surface area (Å²) in [7, 11) is 1.58. The number of benzene rings is 3. The quantitative estimate of drug-likeness (QED) is 0.220. The summed E-state index contributed by atoms with van der Waals surface area (Å²) >= 11 is 0. The van der Waals surface area contributed by atoms with Crippen molar-refractivity contribution in [2.75, 3.05) is 12.4 Å². The van der Waals surface area contributed by atoms with Crippen molar-refractivity contribution < 1.29 is 14.4 Å². The van der Waals surface area contributed by atoms with Crippen molar-refractivity contribution in [3.8, 4) is 5.69 Å². The van der Waals surface area contributed by atoms with E-state index in [1.165, 1.54) is 31.0 Å². The molecular formula is C35H37N5O3. The van der Waals surface area contributed by atoms with Gasteiger partial charge in [-0.15, -0.1) is 0 Å². The van der Waals surface area contributed by atoms with E-state index in [9.17, 15) is 14.4 Å². The standard InChI is InChI=1S/C35H37N5O3/c1-36-31(41)20-15-24-13-17-27(18-14-24)37-34(43)35(21-8-22-35)38-33(42)26-16-19-29-30(23-26)39-40(28-11-6-3-7-12-28)32(29)25-9-4-2-5-10-25/h3,6-7,11-20,23,25H,2,4-5,8-10,21-22H2,1H3,(H,36,41)(H,37,43)(H,38,42)/b20-15+. The summed E-state index contributed by atoms with van der Waals surface area (Å²) in [4.78, 5) is 38.4. The van der Waals surface area contributed by atoms with Crippen LogP contribution in [0, 0.1) is 0 Å². The number of carbonyl (C=O) groups excluding carboxylic acids is 3. The van der Waals surface area contributed by atoms with Gasteiger partial charge in [0.25, 0.3) is 5.91 Å². The Morgan fingerprint density at radius 3 is 2.33 bits per heavy atom. The van der Waals surface area contributed by atoms with Crippen molar-refractivity contribution in [1.29, 1.82) is 0 Å². The summed E-state index contributed by atoms with van der Waals surface area (Å²) < 4.78 is 2.06. The molecule has 0 atom stereocenters. The van der Waals surface area contributed by atoms with Gasteiger partial charge in [0, 0.05) is 35.7 Å². The Morgan fingerprint density at radius 2 is 1.65 bits per heavy atom. The van der Waals surface area contributed by atoms with Crippen LogP contribution in [0.3, 0.4) is 0 Å². The second-order valence-corrected chi connectivity index (χ2v) is 11.6. The van der Waals surface area contributed by atoms with Crippen molar-refractivity contribution in [2.24, 2.45) is 0 Å². The van der Waals surface area contributed by atoms with Gasteiger partial charge in [-0.25, -0.2) is 4.68 Å². The fourth-order valence-corrected chi connectivity index (χ4v) is 6.19. The van der Waals surface area contributed by atoms with Crippen LogP contribution in [0.1, 0.15) is 78.9 Å². The third kappa shape index (κ3) is 5.95. The number of nitrogens with zero attached hydrogens (tertiary/aromatic N) is 2. The Hall–Kier alpha value is -4.72. The lowest BCUT2D eigenvalue weighted by atomic mass is 9.75. The molecule has 4 aromatic rings. The molecule has 6 rings (SSSR count). The van der Waals surface area contributed by atoms with Crippen LogP contribution in [0.15, 0.2) is 78.9 Å². The Balaban J connectivity index is 1.21. The highest BCUT2D eigenvalue weighted by Crippen LogP contribution is 2.38. The molecule has 0 spiro atoms. The molecule has 43 heavy (non-hydrogen) atoms. The normalized spacial score (nSPS) is 16.5. The summed E-state index contributed by atoms with van der Waals surface area (Å²) in [5, 5.41) is 14.6. The number of rotatable bonds is 8. The number of carbonyl (C=O) groups is 3. The van der Waals surface area contributed by atoms with Crippen molar-refractivity contribution in [3.05, 3.63) is 95.7 Å². The van der Waals surface area contributed by atoms with Crippen LogP contribution in [0.25, 0.3) is 22.7 Å². The second-order valence-electron chi connectivity index (χ2n) is 11.6. The fourth-order valence-electron chi connectivity index (χ4n) is 6.19. The monoisotopic (exact) mass is 575 g/mol. The maximum absolute atomic E-state index is 13.5. The third-order valence-electron chi connectivity index (χ3n) is 8.80. The zero-order chi connectivity index (χ0) is 29.8. The van der Waals surface area contributed by atoms with E-state index in [2.05, 4.69) is 32.8 Å². The number of fused-ring (bicyclic) bond motifs is 1. The minimum atomic E-state index is -0.958. The number of hydrogen-bond donors (Lipinski definition) is 3. The summed E-state index contributed by atoms with van der Waals surface area (Å²) in [6.07, 6.45) is 11.2. The summed E-state index contributed by atoms with van der Waals surface area (Å²) in [5.74, 6) is -0.260. The average molecular weight is 576 g/mol. The van der Waals surface area contributed by atoms with Crippen LogP contribution >= 0.6 is 0 Å². The molecular weight excluding hydrogens is 538 g/mol. The average Bonchev–Trinajstić information content (AvgIpc) is 3.42. The highest BCUT2D eigenvalue weighted by Gasteiger charge is 2.45. The minimum absolute atomic E-state index is 0.187. The van der Waals surface area contributed by atoms with Gasteiger partial charge in [0.15, 0.2) is 0 Å². The molecule has 1 aromatic heterocycles. The maximum Gasteiger partial charge on any atom is 0.252 e. The Labute approximate surface area is 251 Å². The molecule has 3 N–H and O–H groups in total. The molecule has 0 aliphatic heterocycles. The summed E-state index contributed by atoms with van der Waals surface area (Å²) in [6, 6.07) is 23.1. The number of anilines is 1. The van der Waals surface area contributed by atoms with E-state index < -0.39 is 5.54 Å². The van der Waals surface area contributed by atoms with Crippen molar-refractivity contribution in [1.82, 2.24) is 20.4 Å². The van der Waals surface area contributed by atoms with Crippen molar-refractivity contribution >= 4 is 40.4 Å². The van der Waals surface area contributed by atoms with E-state index in [0.717, 1.165) is 41.4 Å². The van der Waals surface area contributed by atoms with E-state index in [-0.39, 0.29) is 17.7 Å². The van der Waals surface area contributed by atoms with Gasteiger partial charge in [-0.05, 0) is 80.1 Å². The van der Waals surface area contributed by atoms with E-state index in [1.54, 1.807) is 25.3 Å². The van der Waals surface area contributed by atoms with Gasteiger partial charge in [-0.3, -0.25) is 14.4 Å². The lowest BCUT2D eigenvalue weighted by Gasteiger charge is -2.40. The molecule has 2 aliphatic carbocycles. The van der Waals surface area contributed by atoms with Crippen molar-refractivity contribution in [2.45, 2.75) is 62.8 Å². The Bertz CT molecular complexity index is 1660. The van der Waals surface area contributed by atoms with Gasteiger partial charge in [0.1, 0.15) is 5.54 Å². The molecule has 0 bridgehead atoms. The highest BCUT2D eigenvalue weighted by molar-refractivity contribution is 6.05. The van der Waals surface area contributed by atoms with Gasteiger partial charge in [-0.1, -0.05) is 55.7 Å². The first-order valence-electron chi connectivity index (χ1n) is 15.2. The van der Waals surface area contributed by atoms with Gasteiger partial charge in [-0.2, -0.15) is 5.10 Å². The SMILES string of the molecule is CNC(=O)/C=C/c1ccc(NC(=O)C2(NC(=O)c3ccc4c(C5CCCCC5)n(-c5ccccc5)nc4c3)CCC2)cc1. The largest absolute Gasteiger partial charge is 0.356 e. The van der Waals surface area contributed by atoms with Crippen LogP contribution in [-0.4, -0.2) is 40.1 Å². The first-order valence-corrected chi connectivity index (χ1v) is 15.2. The molecule has 2 aliphatic rings. The molecule has 220 valence electrons. The van der Waals surface area contributed by atoms with Gasteiger partial charge in [0.05, 0.1) is 16.9 Å². The Morgan fingerprint density at radius 1 is 0.907 bits per heavy atom. The smallest absolute Gasteiger partial charge is 0.252 e. The first kappa shape index (κ1) is 28.4. The second kappa shape index (κ2) is 12.3. The minimum Gasteiger partial charge on any atom is -0.356 e. The highest BCUT2D eigenvalue weighted by atomic mass is 16.2. The first-order chi connectivity index (χ1) is 21.0. The van der Waals surface area contributed by atoms with E-state index in [4.69, 9.17) is 5.10 Å². The molecule has 1 heterocycles. The molecule has 8 nitrogen and oxygen atoms in total. The molecule has 0 unspecified atom stereocenters. The van der Waals surface area contributed by atoms with Gasteiger partial charge < -0.3 is 16.0 Å². The lowest BCUT2D eigenvalue weighted by molar-refractivity contribution is -0.125. The zero-order valence-corrected chi connectivity index (χ0v) is 24.4. The van der Waals surface area contributed by atoms with Crippen LogP contribution < -0.4 is 16.0 Å². The van der Waals surface area contributed by atoms with E-state index in [1.807, 2.05) is 48.5 Å². The van der Waals surface area contributed by atoms with E-state index >= 15 is 0 Å². The van der Waals surface area contributed by atoms with Gasteiger partial charge in [0.2, 0.25) is 11.8 Å². The summed E-state index contributed by atoms with van der Waals surface area (Å²) in [5.41, 5.74) is 4.03. The van der Waals surface area contributed by atoms with Crippen LogP contribution in [0.4, 0.5) is 5.69 Å².